The molecule has 0 atom stereocenters. The summed E-state index contributed by atoms with van der Waals surface area (Å²) in [6.07, 6.45) is 2.27. The van der Waals surface area contributed by atoms with Crippen molar-refractivity contribution in [3.8, 4) is 6.07 Å². The maximum absolute atomic E-state index is 11.3. The van der Waals surface area contributed by atoms with Crippen LogP contribution in [0.3, 0.4) is 0 Å². The predicted octanol–water partition coefficient (Wildman–Crippen LogP) is 1.38. The predicted molar refractivity (Wildman–Crippen MR) is 65.7 cm³/mol. The van der Waals surface area contributed by atoms with E-state index in [9.17, 15) is 4.79 Å². The molecule has 86 valence electrons. The van der Waals surface area contributed by atoms with Gasteiger partial charge in [-0.05, 0) is 6.26 Å². The van der Waals surface area contributed by atoms with E-state index >= 15 is 0 Å². The lowest BCUT2D eigenvalue weighted by molar-refractivity contribution is -0.118. The first-order valence-electron chi connectivity index (χ1n) is 4.40. The Bertz CT molecular complexity index is 387. The van der Waals surface area contributed by atoms with Crippen molar-refractivity contribution >= 4 is 40.8 Å². The summed E-state index contributed by atoms with van der Waals surface area (Å²) < 4.78 is 1.69. The average molecular weight is 274 g/mol. The molecule has 0 aliphatic heterocycles. The number of aromatic nitrogens is 2. The Morgan fingerprint density at radius 2 is 2.31 bits per heavy atom. The first-order valence-corrected chi connectivity index (χ1v) is 7.43. The minimum atomic E-state index is -0.0823. The van der Waals surface area contributed by atoms with Gasteiger partial charge < -0.3 is 5.32 Å². The van der Waals surface area contributed by atoms with Crippen LogP contribution in [0.2, 0.25) is 0 Å². The van der Waals surface area contributed by atoms with E-state index < -0.39 is 0 Å². The fourth-order valence-electron chi connectivity index (χ4n) is 0.774. The molecule has 0 saturated heterocycles. The summed E-state index contributed by atoms with van der Waals surface area (Å²) in [5.41, 5.74) is 0. The molecular formula is C8H10N4OS3. The third-order valence-electron chi connectivity index (χ3n) is 1.45. The summed E-state index contributed by atoms with van der Waals surface area (Å²) >= 11 is 4.37. The number of nitrogens with one attached hydrogen (secondary N) is 1. The molecule has 1 amide bonds. The minimum absolute atomic E-state index is 0.0823. The van der Waals surface area contributed by atoms with Crippen molar-refractivity contribution in [2.24, 2.45) is 0 Å². The van der Waals surface area contributed by atoms with Gasteiger partial charge in [0.2, 0.25) is 5.91 Å². The van der Waals surface area contributed by atoms with Crippen molar-refractivity contribution in [1.82, 2.24) is 15.5 Å². The first-order chi connectivity index (χ1) is 7.76. The molecule has 0 unspecified atom stereocenters. The summed E-state index contributed by atoms with van der Waals surface area (Å²) in [4.78, 5) is 11.3. The van der Waals surface area contributed by atoms with Gasteiger partial charge in [-0.15, -0.1) is 10.2 Å². The Kier molecular flexibility index (Phi) is 6.22. The Morgan fingerprint density at radius 3 is 2.94 bits per heavy atom. The highest BCUT2D eigenvalue weighted by atomic mass is 32.2. The largest absolute Gasteiger partial charge is 0.354 e. The topological polar surface area (TPSA) is 78.7 Å². The van der Waals surface area contributed by atoms with Crippen LogP contribution >= 0.6 is 34.9 Å². The van der Waals surface area contributed by atoms with Gasteiger partial charge >= 0.3 is 0 Å². The maximum Gasteiger partial charge on any atom is 0.230 e. The molecule has 0 spiro atoms. The summed E-state index contributed by atoms with van der Waals surface area (Å²) in [5, 5.41) is 18.8. The van der Waals surface area contributed by atoms with Gasteiger partial charge in [0.1, 0.15) is 0 Å². The second kappa shape index (κ2) is 7.49. The molecule has 0 aliphatic carbocycles. The van der Waals surface area contributed by atoms with Gasteiger partial charge in [0, 0.05) is 6.54 Å². The Morgan fingerprint density at radius 1 is 1.56 bits per heavy atom. The summed E-state index contributed by atoms with van der Waals surface area (Å²) in [5.74, 6) is 0.232. The molecule has 1 aromatic heterocycles. The van der Waals surface area contributed by atoms with Crippen LogP contribution in [-0.2, 0) is 4.79 Å². The molecule has 0 aromatic carbocycles. The molecule has 1 aromatic rings. The van der Waals surface area contributed by atoms with E-state index in [1.807, 2.05) is 12.3 Å². The number of carbonyl (C=O) groups excluding carboxylic acids is 1. The molecular weight excluding hydrogens is 264 g/mol. The van der Waals surface area contributed by atoms with Gasteiger partial charge in [-0.1, -0.05) is 34.9 Å². The number of nitrogens with zero attached hydrogens (tertiary/aromatic N) is 3. The van der Waals surface area contributed by atoms with E-state index in [2.05, 4.69) is 15.5 Å². The number of nitriles is 1. The minimum Gasteiger partial charge on any atom is -0.354 e. The normalized spacial score (nSPS) is 9.75. The summed E-state index contributed by atoms with van der Waals surface area (Å²) in [6, 6.07) is 1.96. The zero-order chi connectivity index (χ0) is 11.8. The maximum atomic E-state index is 11.3. The number of thioether (sulfide) groups is 2. The third kappa shape index (κ3) is 4.83. The molecule has 0 saturated carbocycles. The van der Waals surface area contributed by atoms with E-state index in [4.69, 9.17) is 5.26 Å². The Labute approximate surface area is 106 Å². The van der Waals surface area contributed by atoms with Crippen LogP contribution in [0.4, 0.5) is 0 Å². The standard InChI is InChI=1S/C8H10N4OS3/c1-14-7-11-12-8(16-7)15-5-6(13)10-4-2-3-9/h2,4-5H2,1H3,(H,10,13). The Hall–Kier alpha value is -0.780. The van der Waals surface area contributed by atoms with Crippen LogP contribution in [0, 0.1) is 11.3 Å². The van der Waals surface area contributed by atoms with Gasteiger partial charge in [0.25, 0.3) is 0 Å². The van der Waals surface area contributed by atoms with Crippen molar-refractivity contribution in [1.29, 1.82) is 5.26 Å². The molecule has 1 heterocycles. The number of rotatable bonds is 6. The van der Waals surface area contributed by atoms with E-state index in [-0.39, 0.29) is 5.91 Å². The second-order valence-electron chi connectivity index (χ2n) is 2.58. The smallest absolute Gasteiger partial charge is 0.230 e. The van der Waals surface area contributed by atoms with E-state index in [1.165, 1.54) is 34.9 Å². The van der Waals surface area contributed by atoms with E-state index in [1.54, 1.807) is 0 Å². The van der Waals surface area contributed by atoms with Crippen molar-refractivity contribution in [3.05, 3.63) is 0 Å². The van der Waals surface area contributed by atoms with Crippen LogP contribution in [0.25, 0.3) is 0 Å². The van der Waals surface area contributed by atoms with Gasteiger partial charge in [-0.2, -0.15) is 5.26 Å². The van der Waals surface area contributed by atoms with Crippen LogP contribution in [0.5, 0.6) is 0 Å². The fourth-order valence-corrected chi connectivity index (χ4v) is 3.04. The quantitative estimate of drug-likeness (QED) is 0.623. The van der Waals surface area contributed by atoms with E-state index in [0.717, 1.165) is 8.68 Å². The van der Waals surface area contributed by atoms with Crippen LogP contribution in [0.15, 0.2) is 8.68 Å². The zero-order valence-corrected chi connectivity index (χ0v) is 11.0. The second-order valence-corrected chi connectivity index (χ2v) is 5.84. The number of hydrogen-bond donors (Lipinski definition) is 1. The van der Waals surface area contributed by atoms with Gasteiger partial charge in [-0.25, -0.2) is 0 Å². The summed E-state index contributed by atoms with van der Waals surface area (Å²) in [7, 11) is 0. The van der Waals surface area contributed by atoms with Crippen molar-refractivity contribution < 1.29 is 4.79 Å². The zero-order valence-electron chi connectivity index (χ0n) is 8.60. The average Bonchev–Trinajstić information content (AvgIpc) is 2.74. The van der Waals surface area contributed by atoms with Gasteiger partial charge in [-0.3, -0.25) is 4.79 Å². The molecule has 8 heteroatoms. The van der Waals surface area contributed by atoms with E-state index in [0.29, 0.717) is 18.7 Å². The SMILES string of the molecule is CSc1nnc(SCC(=O)NCCC#N)s1. The van der Waals surface area contributed by atoms with Gasteiger partial charge in [0.15, 0.2) is 8.68 Å². The highest BCUT2D eigenvalue weighted by Gasteiger charge is 2.06. The molecule has 5 nitrogen and oxygen atoms in total. The van der Waals surface area contributed by atoms with Crippen molar-refractivity contribution in [2.45, 2.75) is 15.1 Å². The van der Waals surface area contributed by atoms with Crippen LogP contribution < -0.4 is 5.32 Å². The number of carbonyl (C=O) groups is 1. The number of amides is 1. The molecule has 1 N–H and O–H groups in total. The molecule has 0 fully saturated rings. The lowest BCUT2D eigenvalue weighted by Gasteiger charge is -1.99. The lowest BCUT2D eigenvalue weighted by Crippen LogP contribution is -2.25. The molecule has 1 rings (SSSR count). The van der Waals surface area contributed by atoms with Crippen LogP contribution in [0.1, 0.15) is 6.42 Å². The highest BCUT2D eigenvalue weighted by Crippen LogP contribution is 2.26. The molecule has 0 aliphatic rings. The monoisotopic (exact) mass is 274 g/mol. The first kappa shape index (κ1) is 13.3. The number of hydrogen-bond acceptors (Lipinski definition) is 7. The Balaban J connectivity index is 2.23. The van der Waals surface area contributed by atoms with Crippen LogP contribution in [-0.4, -0.2) is 34.7 Å². The molecule has 16 heavy (non-hydrogen) atoms. The molecule has 0 bridgehead atoms. The van der Waals surface area contributed by atoms with Crippen molar-refractivity contribution in [2.75, 3.05) is 18.6 Å². The lowest BCUT2D eigenvalue weighted by atomic mass is 10.4. The van der Waals surface area contributed by atoms with Crippen molar-refractivity contribution in [3.63, 3.8) is 0 Å². The fraction of sp³-hybridized carbons (Fsp3) is 0.500. The summed E-state index contributed by atoms with van der Waals surface area (Å²) in [6.45, 7) is 0.405. The molecule has 0 radical (unpaired) electrons. The highest BCUT2D eigenvalue weighted by molar-refractivity contribution is 8.03. The third-order valence-corrected chi connectivity index (χ3v) is 4.48. The van der Waals surface area contributed by atoms with Gasteiger partial charge in [0.05, 0.1) is 18.2 Å².